The summed E-state index contributed by atoms with van der Waals surface area (Å²) in [5, 5.41) is 9.11. The van der Waals surface area contributed by atoms with E-state index in [1.807, 2.05) is 12.2 Å². The average molecular weight is 389 g/mol. The van der Waals surface area contributed by atoms with Gasteiger partial charge >= 0.3 is 5.97 Å². The number of amides is 1. The SMILES string of the molecule is C[C@@H]1CC(Oc2cccc(C(=O)O)c2)=CC=C1c1nc2ccc(C(N)=O)cc2[nH]1. The lowest BCUT2D eigenvalue weighted by Gasteiger charge is -2.20. The molecule has 0 aliphatic heterocycles. The number of nitrogens with zero attached hydrogens (tertiary/aromatic N) is 1. The molecular formula is C22H19N3O4. The van der Waals surface area contributed by atoms with Crippen molar-refractivity contribution in [3.8, 4) is 5.75 Å². The van der Waals surface area contributed by atoms with E-state index >= 15 is 0 Å². The lowest BCUT2D eigenvalue weighted by molar-refractivity contribution is 0.0696. The standard InChI is InChI=1S/C22H19N3O4/c1-12-9-16(29-15-4-2-3-14(10-15)22(27)28)6-7-17(12)21-24-18-8-5-13(20(23)26)11-19(18)25-21/h2-8,10-12H,9H2,1H3,(H2,23,26)(H,24,25)(H,27,28)/t12-/m1/s1. The number of imidazole rings is 1. The van der Waals surface area contributed by atoms with Gasteiger partial charge in [-0.25, -0.2) is 9.78 Å². The molecule has 146 valence electrons. The summed E-state index contributed by atoms with van der Waals surface area (Å²) in [6, 6.07) is 11.5. The Morgan fingerprint density at radius 3 is 2.72 bits per heavy atom. The maximum atomic E-state index is 11.4. The van der Waals surface area contributed by atoms with Gasteiger partial charge < -0.3 is 20.6 Å². The second-order valence-electron chi connectivity index (χ2n) is 6.98. The summed E-state index contributed by atoms with van der Waals surface area (Å²) in [6.45, 7) is 2.07. The molecule has 0 unspecified atom stereocenters. The van der Waals surface area contributed by atoms with E-state index in [1.54, 1.807) is 30.3 Å². The molecule has 1 atom stereocenters. The third-order valence-electron chi connectivity index (χ3n) is 4.86. The van der Waals surface area contributed by atoms with Gasteiger partial charge in [-0.05, 0) is 54.0 Å². The molecule has 0 radical (unpaired) electrons. The average Bonchev–Trinajstić information content (AvgIpc) is 3.11. The van der Waals surface area contributed by atoms with Crippen LogP contribution < -0.4 is 10.5 Å². The van der Waals surface area contributed by atoms with Crippen molar-refractivity contribution in [1.29, 1.82) is 0 Å². The van der Waals surface area contributed by atoms with Crippen LogP contribution in [0.3, 0.4) is 0 Å². The van der Waals surface area contributed by atoms with Gasteiger partial charge in [0.25, 0.3) is 0 Å². The minimum atomic E-state index is -0.993. The third kappa shape index (κ3) is 3.75. The van der Waals surface area contributed by atoms with Crippen LogP contribution in [0.25, 0.3) is 16.6 Å². The van der Waals surface area contributed by atoms with Crippen molar-refractivity contribution in [2.45, 2.75) is 13.3 Å². The van der Waals surface area contributed by atoms with E-state index in [9.17, 15) is 9.59 Å². The number of hydrogen-bond donors (Lipinski definition) is 3. The summed E-state index contributed by atoms with van der Waals surface area (Å²) >= 11 is 0. The summed E-state index contributed by atoms with van der Waals surface area (Å²) in [7, 11) is 0. The first-order valence-corrected chi connectivity index (χ1v) is 9.12. The molecule has 29 heavy (non-hydrogen) atoms. The minimum absolute atomic E-state index is 0.133. The van der Waals surface area contributed by atoms with Crippen molar-refractivity contribution in [1.82, 2.24) is 9.97 Å². The smallest absolute Gasteiger partial charge is 0.335 e. The monoisotopic (exact) mass is 389 g/mol. The largest absolute Gasteiger partial charge is 0.478 e. The first kappa shape index (κ1) is 18.5. The maximum absolute atomic E-state index is 11.4. The number of carboxylic acid groups (broad SMARTS) is 1. The van der Waals surface area contributed by atoms with Crippen molar-refractivity contribution in [3.05, 3.63) is 77.3 Å². The number of rotatable bonds is 5. The van der Waals surface area contributed by atoms with Crippen molar-refractivity contribution in [2.75, 3.05) is 0 Å². The molecule has 7 nitrogen and oxygen atoms in total. The van der Waals surface area contributed by atoms with Crippen molar-refractivity contribution in [3.63, 3.8) is 0 Å². The normalized spacial score (nSPS) is 16.2. The highest BCUT2D eigenvalue weighted by molar-refractivity contribution is 5.96. The van der Waals surface area contributed by atoms with Crippen molar-refractivity contribution in [2.24, 2.45) is 11.7 Å². The van der Waals surface area contributed by atoms with Crippen LogP contribution in [0, 0.1) is 5.92 Å². The Kier molecular flexibility index (Phi) is 4.64. The molecule has 4 rings (SSSR count). The Morgan fingerprint density at radius 2 is 2.00 bits per heavy atom. The number of aromatic carboxylic acids is 1. The second-order valence-corrected chi connectivity index (χ2v) is 6.98. The maximum Gasteiger partial charge on any atom is 0.335 e. The number of nitrogens with one attached hydrogen (secondary N) is 1. The summed E-state index contributed by atoms with van der Waals surface area (Å²) in [5.74, 6) is 0.628. The Labute approximate surface area is 166 Å². The molecule has 1 aliphatic carbocycles. The minimum Gasteiger partial charge on any atom is -0.478 e. The molecule has 1 aliphatic rings. The lowest BCUT2D eigenvalue weighted by Crippen LogP contribution is -2.10. The molecule has 0 spiro atoms. The number of benzene rings is 2. The molecule has 0 fully saturated rings. The molecule has 1 heterocycles. The number of fused-ring (bicyclic) bond motifs is 1. The van der Waals surface area contributed by atoms with Gasteiger partial charge in [-0.2, -0.15) is 0 Å². The van der Waals surface area contributed by atoms with Crippen LogP contribution in [0.2, 0.25) is 0 Å². The van der Waals surface area contributed by atoms with E-state index in [2.05, 4.69) is 16.9 Å². The third-order valence-corrected chi connectivity index (χ3v) is 4.86. The van der Waals surface area contributed by atoms with E-state index in [-0.39, 0.29) is 11.5 Å². The second kappa shape index (κ2) is 7.27. The zero-order valence-electron chi connectivity index (χ0n) is 15.7. The van der Waals surface area contributed by atoms with Crippen LogP contribution in [0.4, 0.5) is 0 Å². The Balaban J connectivity index is 1.60. The molecular weight excluding hydrogens is 370 g/mol. The number of allylic oxidation sites excluding steroid dienone is 4. The first-order valence-electron chi connectivity index (χ1n) is 9.12. The summed E-state index contributed by atoms with van der Waals surface area (Å²) in [4.78, 5) is 30.4. The summed E-state index contributed by atoms with van der Waals surface area (Å²) in [5.41, 5.74) is 8.48. The number of primary amides is 1. The van der Waals surface area contributed by atoms with E-state index < -0.39 is 11.9 Å². The number of ether oxygens (including phenoxy) is 1. The van der Waals surface area contributed by atoms with Gasteiger partial charge in [0.05, 0.1) is 16.6 Å². The lowest BCUT2D eigenvalue weighted by atomic mass is 9.91. The first-order chi connectivity index (χ1) is 13.9. The van der Waals surface area contributed by atoms with Crippen LogP contribution in [0.1, 0.15) is 39.9 Å². The number of aromatic amines is 1. The quantitative estimate of drug-likeness (QED) is 0.614. The van der Waals surface area contributed by atoms with Gasteiger partial charge in [-0.3, -0.25) is 4.79 Å². The Hall–Kier alpha value is -3.87. The van der Waals surface area contributed by atoms with E-state index in [0.29, 0.717) is 17.7 Å². The van der Waals surface area contributed by atoms with Gasteiger partial charge in [0.1, 0.15) is 17.3 Å². The van der Waals surface area contributed by atoms with Gasteiger partial charge in [0.15, 0.2) is 0 Å². The molecule has 0 saturated heterocycles. The molecule has 1 amide bonds. The summed E-state index contributed by atoms with van der Waals surface area (Å²) < 4.78 is 5.87. The van der Waals surface area contributed by atoms with E-state index in [0.717, 1.165) is 28.2 Å². The molecule has 0 bridgehead atoms. The number of carbonyl (C=O) groups excluding carboxylic acids is 1. The number of H-pyrrole nitrogens is 1. The zero-order chi connectivity index (χ0) is 20.5. The zero-order valence-corrected chi connectivity index (χ0v) is 15.7. The molecule has 3 aromatic rings. The van der Waals surface area contributed by atoms with Crippen LogP contribution in [-0.2, 0) is 0 Å². The fraction of sp³-hybridized carbons (Fsp3) is 0.136. The van der Waals surface area contributed by atoms with Gasteiger partial charge in [-0.15, -0.1) is 0 Å². The topological polar surface area (TPSA) is 118 Å². The van der Waals surface area contributed by atoms with Gasteiger partial charge in [-0.1, -0.05) is 19.1 Å². The van der Waals surface area contributed by atoms with E-state index in [1.165, 1.54) is 12.1 Å². The number of carbonyl (C=O) groups is 2. The van der Waals surface area contributed by atoms with Crippen molar-refractivity contribution >= 4 is 28.5 Å². The molecule has 7 heteroatoms. The molecule has 2 aromatic carbocycles. The van der Waals surface area contributed by atoms with Gasteiger partial charge in [0, 0.05) is 12.0 Å². The predicted molar refractivity (Wildman–Crippen MR) is 108 cm³/mol. The van der Waals surface area contributed by atoms with Gasteiger partial charge in [0.2, 0.25) is 5.91 Å². The van der Waals surface area contributed by atoms with Crippen LogP contribution >= 0.6 is 0 Å². The number of carboxylic acids is 1. The van der Waals surface area contributed by atoms with Crippen molar-refractivity contribution < 1.29 is 19.4 Å². The van der Waals surface area contributed by atoms with Crippen LogP contribution in [0.15, 0.2) is 60.4 Å². The predicted octanol–water partition coefficient (Wildman–Crippen LogP) is 3.75. The van der Waals surface area contributed by atoms with E-state index in [4.69, 9.17) is 15.6 Å². The van der Waals surface area contributed by atoms with Crippen LogP contribution in [-0.4, -0.2) is 27.0 Å². The highest BCUT2D eigenvalue weighted by Gasteiger charge is 2.21. The number of aromatic nitrogens is 2. The Morgan fingerprint density at radius 1 is 1.17 bits per heavy atom. The fourth-order valence-electron chi connectivity index (χ4n) is 3.36. The fourth-order valence-corrected chi connectivity index (χ4v) is 3.36. The highest BCUT2D eigenvalue weighted by atomic mass is 16.5. The number of nitrogens with two attached hydrogens (primary N) is 1. The van der Waals surface area contributed by atoms with Crippen LogP contribution in [0.5, 0.6) is 5.75 Å². The summed E-state index contributed by atoms with van der Waals surface area (Å²) in [6.07, 6.45) is 4.45. The highest BCUT2D eigenvalue weighted by Crippen LogP contribution is 2.33. The molecule has 4 N–H and O–H groups in total. The molecule has 0 saturated carbocycles. The Bertz CT molecular complexity index is 1190. The number of hydrogen-bond acceptors (Lipinski definition) is 4. The molecule has 1 aromatic heterocycles.